The van der Waals surface area contributed by atoms with Crippen molar-refractivity contribution in [2.75, 3.05) is 58.9 Å². The highest BCUT2D eigenvalue weighted by molar-refractivity contribution is 6.37. The smallest absolute Gasteiger partial charge is 0.209 e. The maximum atomic E-state index is 10.9. The van der Waals surface area contributed by atoms with Crippen molar-refractivity contribution in [2.45, 2.75) is 6.42 Å². The van der Waals surface area contributed by atoms with E-state index in [4.69, 9.17) is 37.4 Å². The normalized spacial score (nSPS) is 13.8. The Hall–Kier alpha value is -3.45. The van der Waals surface area contributed by atoms with Crippen LogP contribution in [0.4, 0.5) is 11.4 Å². The van der Waals surface area contributed by atoms with E-state index in [0.717, 1.165) is 45.6 Å². The Morgan fingerprint density at radius 2 is 1.81 bits per heavy atom. The number of carbonyl (C=O) groups excluding carboxylic acids is 1. The van der Waals surface area contributed by atoms with Crippen molar-refractivity contribution in [3.05, 3.63) is 46.1 Å². The van der Waals surface area contributed by atoms with Crippen molar-refractivity contribution in [3.63, 3.8) is 0 Å². The molecule has 1 fully saturated rings. The number of fused-ring (bicyclic) bond motifs is 1. The van der Waals surface area contributed by atoms with Crippen LogP contribution >= 0.6 is 23.2 Å². The van der Waals surface area contributed by atoms with Crippen LogP contribution in [-0.4, -0.2) is 74.7 Å². The standard InChI is InChI=1S/C26H27Cl2N5O4/c1-35-23-13-22(19(27)11-20(23)28)31-26-17(14-29)15-30-21-12-25(24(36-2)10-18(21)26)37-9-3-4-32-5-7-33(16-34)8-6-32/h10-13,15-16H,3-9H2,1-2H3,(H,30,31). The van der Waals surface area contributed by atoms with Gasteiger partial charge in [0.05, 0.1) is 53.3 Å². The fourth-order valence-corrected chi connectivity index (χ4v) is 4.68. The maximum Gasteiger partial charge on any atom is 0.209 e. The number of pyridine rings is 1. The van der Waals surface area contributed by atoms with Crippen LogP contribution in [0.5, 0.6) is 17.2 Å². The van der Waals surface area contributed by atoms with E-state index >= 15 is 0 Å². The first kappa shape index (κ1) is 26.6. The molecule has 2 aromatic carbocycles. The third-order valence-electron chi connectivity index (χ3n) is 6.21. The second-order valence-electron chi connectivity index (χ2n) is 8.46. The predicted octanol–water partition coefficient (Wildman–Crippen LogP) is 4.72. The molecule has 1 N–H and O–H groups in total. The minimum Gasteiger partial charge on any atom is -0.495 e. The molecule has 3 aromatic rings. The van der Waals surface area contributed by atoms with Gasteiger partial charge in [-0.15, -0.1) is 0 Å². The first-order valence-corrected chi connectivity index (χ1v) is 12.5. The summed E-state index contributed by atoms with van der Waals surface area (Å²) in [7, 11) is 3.08. The monoisotopic (exact) mass is 543 g/mol. The van der Waals surface area contributed by atoms with Gasteiger partial charge in [0.25, 0.3) is 0 Å². The van der Waals surface area contributed by atoms with Crippen LogP contribution in [-0.2, 0) is 4.79 Å². The van der Waals surface area contributed by atoms with Gasteiger partial charge in [-0.2, -0.15) is 5.26 Å². The van der Waals surface area contributed by atoms with Gasteiger partial charge in [0.2, 0.25) is 6.41 Å². The molecule has 1 saturated heterocycles. The number of carbonyl (C=O) groups is 1. The third kappa shape index (κ3) is 6.10. The number of piperazine rings is 1. The summed E-state index contributed by atoms with van der Waals surface area (Å²) in [5.74, 6) is 1.53. The van der Waals surface area contributed by atoms with Crippen molar-refractivity contribution in [1.82, 2.24) is 14.8 Å². The zero-order valence-corrected chi connectivity index (χ0v) is 22.1. The first-order chi connectivity index (χ1) is 18.0. The summed E-state index contributed by atoms with van der Waals surface area (Å²) in [6.07, 6.45) is 3.23. The van der Waals surface area contributed by atoms with Crippen LogP contribution in [0, 0.1) is 11.3 Å². The Morgan fingerprint density at radius 1 is 1.05 bits per heavy atom. The zero-order chi connectivity index (χ0) is 26.4. The van der Waals surface area contributed by atoms with Crippen molar-refractivity contribution in [1.29, 1.82) is 5.26 Å². The van der Waals surface area contributed by atoms with Gasteiger partial charge in [0.1, 0.15) is 11.8 Å². The van der Waals surface area contributed by atoms with Crippen LogP contribution in [0.3, 0.4) is 0 Å². The van der Waals surface area contributed by atoms with Crippen molar-refractivity contribution in [3.8, 4) is 23.3 Å². The van der Waals surface area contributed by atoms with Gasteiger partial charge < -0.3 is 24.4 Å². The molecule has 4 rings (SSSR count). The molecule has 0 spiro atoms. The van der Waals surface area contributed by atoms with E-state index in [1.807, 2.05) is 0 Å². The average Bonchev–Trinajstić information content (AvgIpc) is 2.92. The molecular weight excluding hydrogens is 517 g/mol. The number of hydrogen-bond acceptors (Lipinski definition) is 8. The summed E-state index contributed by atoms with van der Waals surface area (Å²) in [5, 5.41) is 14.4. The summed E-state index contributed by atoms with van der Waals surface area (Å²) in [6.45, 7) is 4.61. The number of amides is 1. The Bertz CT molecular complexity index is 1320. The van der Waals surface area contributed by atoms with Crippen molar-refractivity contribution >= 4 is 51.9 Å². The number of nitrogens with zero attached hydrogens (tertiary/aromatic N) is 4. The summed E-state index contributed by atoms with van der Waals surface area (Å²) in [5.41, 5.74) is 2.01. The fraction of sp³-hybridized carbons (Fsp3) is 0.346. The largest absolute Gasteiger partial charge is 0.495 e. The van der Waals surface area contributed by atoms with Crippen LogP contribution in [0.15, 0.2) is 30.5 Å². The molecule has 9 nitrogen and oxygen atoms in total. The molecule has 0 aliphatic carbocycles. The lowest BCUT2D eigenvalue weighted by Gasteiger charge is -2.32. The molecular formula is C26H27Cl2N5O4. The van der Waals surface area contributed by atoms with Gasteiger partial charge in [0.15, 0.2) is 11.5 Å². The third-order valence-corrected chi connectivity index (χ3v) is 6.82. The van der Waals surface area contributed by atoms with E-state index < -0.39 is 0 Å². The van der Waals surface area contributed by atoms with Crippen LogP contribution in [0.25, 0.3) is 10.9 Å². The van der Waals surface area contributed by atoms with E-state index in [-0.39, 0.29) is 0 Å². The Kier molecular flexibility index (Phi) is 8.77. The number of methoxy groups -OCH3 is 2. The van der Waals surface area contributed by atoms with Gasteiger partial charge in [-0.05, 0) is 18.6 Å². The summed E-state index contributed by atoms with van der Waals surface area (Å²) in [4.78, 5) is 19.4. The van der Waals surface area contributed by atoms with E-state index in [0.29, 0.717) is 61.7 Å². The number of nitrogens with one attached hydrogen (secondary N) is 1. The number of anilines is 2. The molecule has 37 heavy (non-hydrogen) atoms. The molecule has 0 saturated carbocycles. The van der Waals surface area contributed by atoms with Crippen LogP contribution < -0.4 is 19.5 Å². The molecule has 0 atom stereocenters. The number of hydrogen-bond donors (Lipinski definition) is 1. The molecule has 194 valence electrons. The summed E-state index contributed by atoms with van der Waals surface area (Å²) >= 11 is 12.6. The molecule has 1 aromatic heterocycles. The molecule has 11 heteroatoms. The second-order valence-corrected chi connectivity index (χ2v) is 9.27. The van der Waals surface area contributed by atoms with E-state index in [1.165, 1.54) is 13.3 Å². The molecule has 2 heterocycles. The number of aromatic nitrogens is 1. The molecule has 0 bridgehead atoms. The first-order valence-electron chi connectivity index (χ1n) is 11.7. The van der Waals surface area contributed by atoms with Gasteiger partial charge in [-0.3, -0.25) is 14.7 Å². The lowest BCUT2D eigenvalue weighted by molar-refractivity contribution is -0.119. The minimum atomic E-state index is 0.336. The quantitative estimate of drug-likeness (QED) is 0.289. The Balaban J connectivity index is 1.54. The van der Waals surface area contributed by atoms with Gasteiger partial charge >= 0.3 is 0 Å². The summed E-state index contributed by atoms with van der Waals surface area (Å²) < 4.78 is 17.0. The van der Waals surface area contributed by atoms with Gasteiger partial charge in [-0.25, -0.2) is 0 Å². The van der Waals surface area contributed by atoms with Crippen molar-refractivity contribution in [2.24, 2.45) is 0 Å². The highest BCUT2D eigenvalue weighted by Crippen LogP contribution is 2.40. The lowest BCUT2D eigenvalue weighted by Crippen LogP contribution is -2.46. The number of ether oxygens (including phenoxy) is 3. The Labute approximate surface area is 225 Å². The number of halogens is 2. The number of nitriles is 1. The molecule has 1 aliphatic heterocycles. The topological polar surface area (TPSA) is 100.0 Å². The lowest BCUT2D eigenvalue weighted by atomic mass is 10.1. The molecule has 0 unspecified atom stereocenters. The molecule has 0 radical (unpaired) electrons. The fourth-order valence-electron chi connectivity index (χ4n) is 4.17. The molecule has 1 aliphatic rings. The predicted molar refractivity (Wildman–Crippen MR) is 143 cm³/mol. The van der Waals surface area contributed by atoms with E-state index in [2.05, 4.69) is 21.3 Å². The average molecular weight is 544 g/mol. The number of rotatable bonds is 10. The van der Waals surface area contributed by atoms with Crippen LogP contribution in [0.2, 0.25) is 10.0 Å². The number of benzene rings is 2. The van der Waals surface area contributed by atoms with E-state index in [9.17, 15) is 10.1 Å². The van der Waals surface area contributed by atoms with Crippen LogP contribution in [0.1, 0.15) is 12.0 Å². The van der Waals surface area contributed by atoms with Crippen molar-refractivity contribution < 1.29 is 19.0 Å². The molecule has 1 amide bonds. The highest BCUT2D eigenvalue weighted by Gasteiger charge is 2.18. The highest BCUT2D eigenvalue weighted by atomic mass is 35.5. The van der Waals surface area contributed by atoms with Gasteiger partial charge in [0, 0.05) is 56.4 Å². The second kappa shape index (κ2) is 12.2. The minimum absolute atomic E-state index is 0.336. The Morgan fingerprint density at radius 3 is 2.49 bits per heavy atom. The maximum absolute atomic E-state index is 10.9. The van der Waals surface area contributed by atoms with Gasteiger partial charge in [-0.1, -0.05) is 23.2 Å². The van der Waals surface area contributed by atoms with E-state index in [1.54, 1.807) is 36.3 Å². The SMILES string of the molecule is COc1cc(Nc2c(C#N)cnc3cc(OCCCN4CCN(C=O)CC4)c(OC)cc23)c(Cl)cc1Cl. The summed E-state index contributed by atoms with van der Waals surface area (Å²) in [6, 6.07) is 9.02. The zero-order valence-electron chi connectivity index (χ0n) is 20.6.